The Morgan fingerprint density at radius 2 is 1.81 bits per heavy atom. The number of hydrogen-bond acceptors (Lipinski definition) is 6. The molecule has 5 aromatic heterocycles. The largest absolute Gasteiger partial charge is 0.353 e. The van der Waals surface area contributed by atoms with E-state index in [2.05, 4.69) is 29.9 Å². The Kier molecular flexibility index (Phi) is 5.50. The van der Waals surface area contributed by atoms with E-state index in [0.29, 0.717) is 28.0 Å². The van der Waals surface area contributed by atoms with E-state index in [4.69, 9.17) is 4.98 Å². The number of pyridine rings is 3. The molecule has 0 aliphatic rings. The molecule has 0 unspecified atom stereocenters. The molecule has 37 heavy (non-hydrogen) atoms. The molecule has 0 aliphatic heterocycles. The first kappa shape index (κ1) is 23.0. The van der Waals surface area contributed by atoms with Crippen LogP contribution >= 0.6 is 0 Å². The Morgan fingerprint density at radius 3 is 2.62 bits per heavy atom. The number of hydrogen-bond donors (Lipinski definition) is 3. The first-order valence-corrected chi connectivity index (χ1v) is 13.2. The van der Waals surface area contributed by atoms with E-state index in [-0.39, 0.29) is 6.54 Å². The van der Waals surface area contributed by atoms with Crippen LogP contribution in [0.1, 0.15) is 5.56 Å². The first-order valence-electron chi connectivity index (χ1n) is 11.3. The van der Waals surface area contributed by atoms with Gasteiger partial charge in [0.1, 0.15) is 17.0 Å². The zero-order valence-electron chi connectivity index (χ0n) is 19.5. The standard InChI is InChI=1S/C26H20FN7O2S/c1-37(35,36)30-14-15-10-16(12-17(27)11-15)24-18-13-23(31-19(18)7-9-29-24)26-25-22(33-34-26)6-5-21(32-25)20-4-2-3-8-28-20/h2-13,30-31H,14H2,1H3,(H,33,34). The summed E-state index contributed by atoms with van der Waals surface area (Å²) < 4.78 is 39.8. The van der Waals surface area contributed by atoms with Gasteiger partial charge in [-0.15, -0.1) is 0 Å². The zero-order chi connectivity index (χ0) is 25.6. The number of aromatic nitrogens is 6. The summed E-state index contributed by atoms with van der Waals surface area (Å²) in [6.07, 6.45) is 4.42. The van der Waals surface area contributed by atoms with Gasteiger partial charge in [-0.2, -0.15) is 5.10 Å². The highest BCUT2D eigenvalue weighted by Gasteiger charge is 2.17. The van der Waals surface area contributed by atoms with Crippen molar-refractivity contribution in [1.29, 1.82) is 0 Å². The predicted octanol–water partition coefficient (Wildman–Crippen LogP) is 4.42. The van der Waals surface area contributed by atoms with Crippen molar-refractivity contribution in [2.45, 2.75) is 6.54 Å². The van der Waals surface area contributed by atoms with Gasteiger partial charge in [-0.3, -0.25) is 15.1 Å². The van der Waals surface area contributed by atoms with Crippen molar-refractivity contribution in [2.75, 3.05) is 6.26 Å². The second-order valence-corrected chi connectivity index (χ2v) is 10.5. The minimum absolute atomic E-state index is 0.0263. The van der Waals surface area contributed by atoms with Crippen molar-refractivity contribution in [3.8, 4) is 34.0 Å². The fourth-order valence-electron chi connectivity index (χ4n) is 4.26. The molecule has 6 rings (SSSR count). The lowest BCUT2D eigenvalue weighted by Crippen LogP contribution is -2.21. The number of rotatable bonds is 6. The Bertz CT molecular complexity index is 1880. The molecule has 0 saturated carbocycles. The van der Waals surface area contributed by atoms with E-state index in [1.807, 2.05) is 42.5 Å². The normalized spacial score (nSPS) is 11.9. The van der Waals surface area contributed by atoms with Gasteiger partial charge in [-0.05, 0) is 60.2 Å². The molecule has 0 spiro atoms. The van der Waals surface area contributed by atoms with Crippen molar-refractivity contribution in [3.63, 3.8) is 0 Å². The van der Waals surface area contributed by atoms with E-state index >= 15 is 0 Å². The SMILES string of the molecule is CS(=O)(=O)NCc1cc(F)cc(-c2nccc3[nH]c(-c4n[nH]c5ccc(-c6ccccn6)nc45)cc23)c1. The van der Waals surface area contributed by atoms with Gasteiger partial charge in [0, 0.05) is 35.4 Å². The maximum Gasteiger partial charge on any atom is 0.209 e. The molecule has 0 radical (unpaired) electrons. The molecule has 0 atom stereocenters. The van der Waals surface area contributed by atoms with Gasteiger partial charge >= 0.3 is 0 Å². The second kappa shape index (κ2) is 8.87. The molecule has 0 aliphatic carbocycles. The van der Waals surface area contributed by atoms with Gasteiger partial charge in [0.15, 0.2) is 0 Å². The summed E-state index contributed by atoms with van der Waals surface area (Å²) in [5.74, 6) is -0.484. The Hall–Kier alpha value is -4.48. The first-order chi connectivity index (χ1) is 17.8. The number of H-pyrrole nitrogens is 2. The van der Waals surface area contributed by atoms with Crippen LogP contribution in [-0.2, 0) is 16.6 Å². The van der Waals surface area contributed by atoms with Crippen LogP contribution in [0.15, 0.2) is 73.1 Å². The number of nitrogens with zero attached hydrogens (tertiary/aromatic N) is 4. The third-order valence-electron chi connectivity index (χ3n) is 5.91. The summed E-state index contributed by atoms with van der Waals surface area (Å²) in [5.41, 5.74) is 6.66. The highest BCUT2D eigenvalue weighted by atomic mass is 32.2. The van der Waals surface area contributed by atoms with Crippen LogP contribution in [0.5, 0.6) is 0 Å². The van der Waals surface area contributed by atoms with Gasteiger partial charge in [0.05, 0.1) is 34.5 Å². The summed E-state index contributed by atoms with van der Waals surface area (Å²) in [6.45, 7) is -0.0263. The molecule has 1 aromatic carbocycles. The van der Waals surface area contributed by atoms with E-state index in [1.54, 1.807) is 18.5 Å². The molecule has 184 valence electrons. The van der Waals surface area contributed by atoms with Crippen LogP contribution in [0, 0.1) is 5.82 Å². The number of nitrogens with one attached hydrogen (secondary N) is 3. The lowest BCUT2D eigenvalue weighted by molar-refractivity contribution is 0.586. The molecule has 0 fully saturated rings. The minimum atomic E-state index is -3.42. The quantitative estimate of drug-likeness (QED) is 0.302. The minimum Gasteiger partial charge on any atom is -0.353 e. The number of fused-ring (bicyclic) bond motifs is 2. The van der Waals surface area contributed by atoms with Gasteiger partial charge in [0.25, 0.3) is 0 Å². The van der Waals surface area contributed by atoms with Crippen LogP contribution in [0.3, 0.4) is 0 Å². The molecule has 0 bridgehead atoms. The molecule has 9 nitrogen and oxygen atoms in total. The Balaban J connectivity index is 1.44. The van der Waals surface area contributed by atoms with Crippen LogP contribution < -0.4 is 4.72 Å². The molecular formula is C26H20FN7O2S. The Morgan fingerprint density at radius 1 is 0.919 bits per heavy atom. The average Bonchev–Trinajstić information content (AvgIpc) is 3.51. The highest BCUT2D eigenvalue weighted by Crippen LogP contribution is 2.33. The number of aromatic amines is 2. The van der Waals surface area contributed by atoms with Crippen molar-refractivity contribution in [2.24, 2.45) is 0 Å². The summed E-state index contributed by atoms with van der Waals surface area (Å²) in [5, 5.41) is 8.28. The highest BCUT2D eigenvalue weighted by molar-refractivity contribution is 7.88. The summed E-state index contributed by atoms with van der Waals surface area (Å²) in [7, 11) is -3.42. The fraction of sp³-hybridized carbons (Fsp3) is 0.0769. The zero-order valence-corrected chi connectivity index (χ0v) is 20.3. The van der Waals surface area contributed by atoms with Gasteiger partial charge in [-0.1, -0.05) is 6.07 Å². The predicted molar refractivity (Wildman–Crippen MR) is 139 cm³/mol. The molecule has 5 heterocycles. The smallest absolute Gasteiger partial charge is 0.209 e. The summed E-state index contributed by atoms with van der Waals surface area (Å²) in [4.78, 5) is 17.1. The van der Waals surface area contributed by atoms with Crippen molar-refractivity contribution in [3.05, 3.63) is 84.4 Å². The number of benzene rings is 1. The summed E-state index contributed by atoms with van der Waals surface area (Å²) in [6, 6.07) is 17.6. The molecule has 0 amide bonds. The fourth-order valence-corrected chi connectivity index (χ4v) is 4.69. The monoisotopic (exact) mass is 513 g/mol. The van der Waals surface area contributed by atoms with Gasteiger partial charge < -0.3 is 4.98 Å². The summed E-state index contributed by atoms with van der Waals surface area (Å²) >= 11 is 0. The van der Waals surface area contributed by atoms with Gasteiger partial charge in [-0.25, -0.2) is 22.5 Å². The van der Waals surface area contributed by atoms with E-state index in [1.165, 1.54) is 12.1 Å². The average molecular weight is 514 g/mol. The third kappa shape index (κ3) is 4.57. The number of sulfonamides is 1. The molecule has 11 heteroatoms. The van der Waals surface area contributed by atoms with Crippen molar-refractivity contribution < 1.29 is 12.8 Å². The number of halogens is 1. The maximum absolute atomic E-state index is 14.5. The van der Waals surface area contributed by atoms with Crippen LogP contribution in [0.4, 0.5) is 4.39 Å². The third-order valence-corrected chi connectivity index (χ3v) is 6.58. The van der Waals surface area contributed by atoms with Crippen LogP contribution in [-0.4, -0.2) is 44.8 Å². The van der Waals surface area contributed by atoms with Crippen LogP contribution in [0.2, 0.25) is 0 Å². The molecule has 0 saturated heterocycles. The Labute approximate surface area is 210 Å². The van der Waals surface area contributed by atoms with E-state index < -0.39 is 15.8 Å². The van der Waals surface area contributed by atoms with Crippen molar-refractivity contribution in [1.82, 2.24) is 34.9 Å². The van der Waals surface area contributed by atoms with Crippen molar-refractivity contribution >= 4 is 32.0 Å². The molecular weight excluding hydrogens is 493 g/mol. The topological polar surface area (TPSA) is 129 Å². The maximum atomic E-state index is 14.5. The second-order valence-electron chi connectivity index (χ2n) is 8.63. The lowest BCUT2D eigenvalue weighted by atomic mass is 10.0. The van der Waals surface area contributed by atoms with E-state index in [0.717, 1.165) is 39.8 Å². The lowest BCUT2D eigenvalue weighted by Gasteiger charge is -2.07. The molecule has 6 aromatic rings. The van der Waals surface area contributed by atoms with Crippen LogP contribution in [0.25, 0.3) is 56.0 Å². The molecule has 3 N–H and O–H groups in total. The van der Waals surface area contributed by atoms with Gasteiger partial charge in [0.2, 0.25) is 10.0 Å². The van der Waals surface area contributed by atoms with E-state index in [9.17, 15) is 12.8 Å².